The van der Waals surface area contributed by atoms with E-state index < -0.39 is 6.10 Å². The number of hydrogen-bond donors (Lipinski definition) is 2. The Morgan fingerprint density at radius 3 is 2.94 bits per heavy atom. The number of para-hydroxylation sites is 1. The highest BCUT2D eigenvalue weighted by atomic mass is 16.5. The summed E-state index contributed by atoms with van der Waals surface area (Å²) in [7, 11) is 1.63. The molecule has 18 heavy (non-hydrogen) atoms. The summed E-state index contributed by atoms with van der Waals surface area (Å²) in [5, 5.41) is 21.6. The molecule has 0 saturated heterocycles. The molecule has 1 aromatic carbocycles. The Morgan fingerprint density at radius 1 is 1.44 bits per heavy atom. The number of aliphatic hydroxyl groups is 1. The average Bonchev–Trinajstić information content (AvgIpc) is 2.41. The SMILES string of the molecule is COCCNC[C@@H](O)COc1ccccc1C#N. The zero-order chi connectivity index (χ0) is 13.2. The Labute approximate surface area is 107 Å². The standard InChI is InChI=1S/C13H18N2O3/c1-17-7-6-15-9-12(16)10-18-13-5-3-2-4-11(13)8-14/h2-5,12,15-16H,6-7,9-10H2,1H3/t12-/m1/s1. The van der Waals surface area contributed by atoms with Gasteiger partial charge in [0, 0.05) is 20.2 Å². The second kappa shape index (κ2) is 8.48. The maximum Gasteiger partial charge on any atom is 0.137 e. The van der Waals surface area contributed by atoms with Crippen molar-refractivity contribution in [2.75, 3.05) is 33.4 Å². The van der Waals surface area contributed by atoms with Crippen molar-refractivity contribution in [3.8, 4) is 11.8 Å². The molecule has 1 aromatic rings. The van der Waals surface area contributed by atoms with Gasteiger partial charge in [0.15, 0.2) is 0 Å². The Morgan fingerprint density at radius 2 is 2.22 bits per heavy atom. The highest BCUT2D eigenvalue weighted by Gasteiger charge is 2.07. The third-order valence-corrected chi connectivity index (χ3v) is 2.30. The molecule has 0 saturated carbocycles. The average molecular weight is 250 g/mol. The lowest BCUT2D eigenvalue weighted by Gasteiger charge is -2.13. The molecule has 0 unspecified atom stereocenters. The smallest absolute Gasteiger partial charge is 0.137 e. The van der Waals surface area contributed by atoms with Gasteiger partial charge in [-0.15, -0.1) is 0 Å². The van der Waals surface area contributed by atoms with Crippen LogP contribution in [-0.4, -0.2) is 44.6 Å². The van der Waals surface area contributed by atoms with Crippen LogP contribution in [0.1, 0.15) is 5.56 Å². The van der Waals surface area contributed by atoms with Gasteiger partial charge in [0.2, 0.25) is 0 Å². The van der Waals surface area contributed by atoms with E-state index in [9.17, 15) is 5.11 Å². The van der Waals surface area contributed by atoms with Crippen LogP contribution in [0.15, 0.2) is 24.3 Å². The van der Waals surface area contributed by atoms with Crippen LogP contribution in [0.2, 0.25) is 0 Å². The zero-order valence-corrected chi connectivity index (χ0v) is 10.4. The van der Waals surface area contributed by atoms with Crippen molar-refractivity contribution in [1.82, 2.24) is 5.32 Å². The van der Waals surface area contributed by atoms with E-state index in [-0.39, 0.29) is 6.61 Å². The van der Waals surface area contributed by atoms with Crippen LogP contribution >= 0.6 is 0 Å². The molecule has 5 nitrogen and oxygen atoms in total. The summed E-state index contributed by atoms with van der Waals surface area (Å²) in [4.78, 5) is 0. The van der Waals surface area contributed by atoms with Crippen molar-refractivity contribution in [3.05, 3.63) is 29.8 Å². The van der Waals surface area contributed by atoms with Crippen molar-refractivity contribution < 1.29 is 14.6 Å². The lowest BCUT2D eigenvalue weighted by atomic mass is 10.2. The van der Waals surface area contributed by atoms with E-state index >= 15 is 0 Å². The second-order valence-corrected chi connectivity index (χ2v) is 3.77. The highest BCUT2D eigenvalue weighted by Crippen LogP contribution is 2.16. The third-order valence-electron chi connectivity index (χ3n) is 2.30. The van der Waals surface area contributed by atoms with Crippen LogP contribution in [0.25, 0.3) is 0 Å². The predicted octanol–water partition coefficient (Wildman–Crippen LogP) is 0.534. The fourth-order valence-electron chi connectivity index (χ4n) is 1.37. The molecule has 0 aliphatic heterocycles. The second-order valence-electron chi connectivity index (χ2n) is 3.77. The first kappa shape index (κ1) is 14.5. The molecule has 2 N–H and O–H groups in total. The van der Waals surface area contributed by atoms with Crippen molar-refractivity contribution >= 4 is 0 Å². The highest BCUT2D eigenvalue weighted by molar-refractivity contribution is 5.42. The number of methoxy groups -OCH3 is 1. The normalized spacial score (nSPS) is 11.8. The molecule has 98 valence electrons. The predicted molar refractivity (Wildman–Crippen MR) is 67.4 cm³/mol. The molecule has 0 spiro atoms. The summed E-state index contributed by atoms with van der Waals surface area (Å²) in [6.07, 6.45) is -0.617. The summed E-state index contributed by atoms with van der Waals surface area (Å²) >= 11 is 0. The van der Waals surface area contributed by atoms with Gasteiger partial charge >= 0.3 is 0 Å². The van der Waals surface area contributed by atoms with Crippen LogP contribution < -0.4 is 10.1 Å². The zero-order valence-electron chi connectivity index (χ0n) is 10.4. The van der Waals surface area contributed by atoms with Crippen molar-refractivity contribution in [1.29, 1.82) is 5.26 Å². The first-order valence-electron chi connectivity index (χ1n) is 5.77. The number of nitrogens with zero attached hydrogens (tertiary/aromatic N) is 1. The maximum atomic E-state index is 9.66. The lowest BCUT2D eigenvalue weighted by molar-refractivity contribution is 0.103. The van der Waals surface area contributed by atoms with Crippen molar-refractivity contribution in [2.24, 2.45) is 0 Å². The summed E-state index contributed by atoms with van der Waals surface area (Å²) in [6.45, 7) is 1.87. The fraction of sp³-hybridized carbons (Fsp3) is 0.462. The minimum Gasteiger partial charge on any atom is -0.489 e. The maximum absolute atomic E-state index is 9.66. The number of aliphatic hydroxyl groups excluding tert-OH is 1. The number of rotatable bonds is 8. The lowest BCUT2D eigenvalue weighted by Crippen LogP contribution is -2.33. The molecule has 0 aromatic heterocycles. The van der Waals surface area contributed by atoms with Gasteiger partial charge in [-0.05, 0) is 12.1 Å². The topological polar surface area (TPSA) is 74.5 Å². The Balaban J connectivity index is 2.29. The minimum absolute atomic E-state index is 0.151. The van der Waals surface area contributed by atoms with Gasteiger partial charge in [-0.25, -0.2) is 0 Å². The minimum atomic E-state index is -0.617. The number of ether oxygens (including phenoxy) is 2. The first-order chi connectivity index (χ1) is 8.77. The molecule has 0 fully saturated rings. The molecule has 5 heteroatoms. The van der Waals surface area contributed by atoms with Crippen molar-refractivity contribution in [2.45, 2.75) is 6.10 Å². The van der Waals surface area contributed by atoms with E-state index in [1.807, 2.05) is 6.07 Å². The van der Waals surface area contributed by atoms with E-state index in [1.165, 1.54) is 0 Å². The van der Waals surface area contributed by atoms with E-state index in [0.29, 0.717) is 31.0 Å². The number of nitriles is 1. The fourth-order valence-corrected chi connectivity index (χ4v) is 1.37. The third kappa shape index (κ3) is 5.15. The molecule has 0 amide bonds. The molecule has 0 bridgehead atoms. The van der Waals surface area contributed by atoms with E-state index in [2.05, 4.69) is 5.32 Å². The first-order valence-corrected chi connectivity index (χ1v) is 5.77. The Kier molecular flexibility index (Phi) is 6.81. The molecule has 0 aliphatic rings. The van der Waals surface area contributed by atoms with Gasteiger partial charge in [-0.2, -0.15) is 5.26 Å². The summed E-state index contributed by atoms with van der Waals surface area (Å²) in [5.74, 6) is 0.496. The van der Waals surface area contributed by atoms with Gasteiger partial charge in [0.1, 0.15) is 24.5 Å². The Hall–Kier alpha value is -1.61. The number of hydrogen-bond acceptors (Lipinski definition) is 5. The molecular weight excluding hydrogens is 232 g/mol. The molecule has 0 aliphatic carbocycles. The molecule has 1 rings (SSSR count). The monoisotopic (exact) mass is 250 g/mol. The molecule has 0 heterocycles. The number of benzene rings is 1. The van der Waals surface area contributed by atoms with Crippen LogP contribution in [-0.2, 0) is 4.74 Å². The van der Waals surface area contributed by atoms with Gasteiger partial charge < -0.3 is 19.9 Å². The summed E-state index contributed by atoms with van der Waals surface area (Å²) in [6, 6.07) is 8.99. The summed E-state index contributed by atoms with van der Waals surface area (Å²) in [5.41, 5.74) is 0.469. The van der Waals surface area contributed by atoms with Gasteiger partial charge in [-0.3, -0.25) is 0 Å². The molecule has 0 radical (unpaired) electrons. The molecule has 1 atom stereocenters. The Bertz CT molecular complexity index is 390. The van der Waals surface area contributed by atoms with Gasteiger partial charge in [0.05, 0.1) is 12.2 Å². The van der Waals surface area contributed by atoms with E-state index in [4.69, 9.17) is 14.7 Å². The van der Waals surface area contributed by atoms with Crippen molar-refractivity contribution in [3.63, 3.8) is 0 Å². The van der Waals surface area contributed by atoms with Crippen LogP contribution in [0.3, 0.4) is 0 Å². The van der Waals surface area contributed by atoms with Crippen LogP contribution in [0.4, 0.5) is 0 Å². The summed E-state index contributed by atoms with van der Waals surface area (Å²) < 4.78 is 10.3. The largest absolute Gasteiger partial charge is 0.489 e. The van der Waals surface area contributed by atoms with Crippen LogP contribution in [0.5, 0.6) is 5.75 Å². The van der Waals surface area contributed by atoms with Gasteiger partial charge in [0.25, 0.3) is 0 Å². The quantitative estimate of drug-likeness (QED) is 0.658. The van der Waals surface area contributed by atoms with E-state index in [1.54, 1.807) is 31.4 Å². The van der Waals surface area contributed by atoms with E-state index in [0.717, 1.165) is 0 Å². The van der Waals surface area contributed by atoms with Gasteiger partial charge in [-0.1, -0.05) is 12.1 Å². The molecular formula is C13H18N2O3. The number of nitrogens with one attached hydrogen (secondary N) is 1. The van der Waals surface area contributed by atoms with Crippen LogP contribution in [0, 0.1) is 11.3 Å².